The van der Waals surface area contributed by atoms with Crippen molar-refractivity contribution in [2.75, 3.05) is 26.1 Å². The minimum Gasteiger partial charge on any atom is -0.493 e. The molecule has 1 amide bonds. The van der Waals surface area contributed by atoms with Crippen LogP contribution in [-0.4, -0.2) is 47.5 Å². The maximum atomic E-state index is 13.3. The monoisotopic (exact) mass is 552 g/mol. The lowest BCUT2D eigenvalue weighted by atomic mass is 10.1. The highest BCUT2D eigenvalue weighted by molar-refractivity contribution is 7.20. The van der Waals surface area contributed by atoms with Crippen molar-refractivity contribution >= 4 is 49.9 Å². The Balaban J connectivity index is 1.23. The van der Waals surface area contributed by atoms with E-state index in [1.165, 1.54) is 34.8 Å². The van der Waals surface area contributed by atoms with Crippen LogP contribution >= 0.6 is 22.7 Å². The molecule has 3 heterocycles. The van der Waals surface area contributed by atoms with Gasteiger partial charge in [0.15, 0.2) is 23.2 Å². The zero-order valence-electron chi connectivity index (χ0n) is 20.5. The van der Waals surface area contributed by atoms with Gasteiger partial charge < -0.3 is 14.2 Å². The molecule has 9 nitrogen and oxygen atoms in total. The van der Waals surface area contributed by atoms with Gasteiger partial charge in [0.1, 0.15) is 15.5 Å². The lowest BCUT2D eigenvalue weighted by Crippen LogP contribution is -2.20. The Morgan fingerprint density at radius 1 is 1.05 bits per heavy atom. The number of aryl methyl sites for hydroxylation is 1. The van der Waals surface area contributed by atoms with Crippen molar-refractivity contribution in [3.05, 3.63) is 70.3 Å². The van der Waals surface area contributed by atoms with Crippen LogP contribution in [0.1, 0.15) is 15.4 Å². The number of carbonyl (C=O) groups excluding carboxylic acids is 2. The molecule has 0 spiro atoms. The molecule has 0 aliphatic heterocycles. The van der Waals surface area contributed by atoms with Crippen molar-refractivity contribution in [1.82, 2.24) is 14.8 Å². The summed E-state index contributed by atoms with van der Waals surface area (Å²) in [6.45, 7) is 1.35. The summed E-state index contributed by atoms with van der Waals surface area (Å²) in [4.78, 5) is 30.6. The first kappa shape index (κ1) is 25.4. The summed E-state index contributed by atoms with van der Waals surface area (Å²) < 4.78 is 30.8. The van der Waals surface area contributed by atoms with Crippen molar-refractivity contribution in [3.63, 3.8) is 0 Å². The number of fused-ring (bicyclic) bond motifs is 1. The molecule has 0 saturated heterocycles. The average Bonchev–Trinajstić information content (AvgIpc) is 3.64. The molecule has 3 aromatic heterocycles. The largest absolute Gasteiger partial charge is 0.493 e. The molecular formula is C26H21FN4O5S2. The fraction of sp³-hybridized carbons (Fsp3) is 0.154. The molecule has 0 aliphatic rings. The van der Waals surface area contributed by atoms with Crippen LogP contribution in [0.25, 0.3) is 27.2 Å². The Morgan fingerprint density at radius 2 is 1.82 bits per heavy atom. The SMILES string of the molecule is COc1ccc(-c2csc(NC(=O)COC(=O)c3cc4c(C)nn(-c5ccc(F)cc5)c4s3)n2)cc1OC. The number of nitrogens with one attached hydrogen (secondary N) is 1. The number of thiophene rings is 1. The van der Waals surface area contributed by atoms with Gasteiger partial charge in [0.05, 0.1) is 31.3 Å². The quantitative estimate of drug-likeness (QED) is 0.255. The second-order valence-electron chi connectivity index (χ2n) is 8.04. The normalized spacial score (nSPS) is 10.9. The van der Waals surface area contributed by atoms with Crippen LogP contribution in [0.5, 0.6) is 11.5 Å². The first-order chi connectivity index (χ1) is 18.4. The predicted octanol–water partition coefficient (Wildman–Crippen LogP) is 5.47. The maximum absolute atomic E-state index is 13.3. The van der Waals surface area contributed by atoms with Crippen molar-refractivity contribution < 1.29 is 28.2 Å². The van der Waals surface area contributed by atoms with E-state index in [0.717, 1.165) is 15.8 Å². The molecule has 0 bridgehead atoms. The van der Waals surface area contributed by atoms with E-state index >= 15 is 0 Å². The molecule has 12 heteroatoms. The van der Waals surface area contributed by atoms with Crippen molar-refractivity contribution in [3.8, 4) is 28.4 Å². The molecule has 1 N–H and O–H groups in total. The number of aromatic nitrogens is 3. The van der Waals surface area contributed by atoms with Crippen LogP contribution in [0.4, 0.5) is 9.52 Å². The number of anilines is 1. The smallest absolute Gasteiger partial charge is 0.348 e. The predicted molar refractivity (Wildman–Crippen MR) is 143 cm³/mol. The van der Waals surface area contributed by atoms with Gasteiger partial charge in [0, 0.05) is 16.3 Å². The molecule has 0 atom stereocenters. The summed E-state index contributed by atoms with van der Waals surface area (Å²) in [6, 6.07) is 13.0. The van der Waals surface area contributed by atoms with Gasteiger partial charge in [-0.2, -0.15) is 5.10 Å². The van der Waals surface area contributed by atoms with Crippen LogP contribution < -0.4 is 14.8 Å². The van der Waals surface area contributed by atoms with Gasteiger partial charge in [-0.25, -0.2) is 18.9 Å². The molecule has 5 rings (SSSR count). The van der Waals surface area contributed by atoms with E-state index in [-0.39, 0.29) is 5.82 Å². The number of rotatable bonds is 8. The summed E-state index contributed by atoms with van der Waals surface area (Å²) >= 11 is 2.43. The third kappa shape index (κ3) is 5.08. The highest BCUT2D eigenvalue weighted by Crippen LogP contribution is 2.34. The molecule has 194 valence electrons. The highest BCUT2D eigenvalue weighted by Gasteiger charge is 2.19. The molecule has 0 radical (unpaired) electrons. The Hall–Kier alpha value is -4.29. The maximum Gasteiger partial charge on any atom is 0.348 e. The number of carbonyl (C=O) groups is 2. The van der Waals surface area contributed by atoms with E-state index in [0.29, 0.717) is 38.6 Å². The topological polar surface area (TPSA) is 105 Å². The highest BCUT2D eigenvalue weighted by atomic mass is 32.1. The zero-order valence-corrected chi connectivity index (χ0v) is 22.1. The van der Waals surface area contributed by atoms with E-state index in [1.54, 1.807) is 54.6 Å². The van der Waals surface area contributed by atoms with Gasteiger partial charge in [-0.3, -0.25) is 10.1 Å². The van der Waals surface area contributed by atoms with E-state index in [9.17, 15) is 14.0 Å². The number of nitrogens with zero attached hydrogens (tertiary/aromatic N) is 3. The Morgan fingerprint density at radius 3 is 2.55 bits per heavy atom. The van der Waals surface area contributed by atoms with E-state index in [4.69, 9.17) is 14.2 Å². The zero-order chi connectivity index (χ0) is 26.8. The van der Waals surface area contributed by atoms with Gasteiger partial charge in [-0.15, -0.1) is 22.7 Å². The molecule has 0 fully saturated rings. The number of amides is 1. The van der Waals surface area contributed by atoms with Gasteiger partial charge in [-0.1, -0.05) is 0 Å². The molecule has 5 aromatic rings. The number of hydrogen-bond acceptors (Lipinski definition) is 9. The van der Waals surface area contributed by atoms with Crippen molar-refractivity contribution in [2.45, 2.75) is 6.92 Å². The first-order valence-corrected chi connectivity index (χ1v) is 13.0. The van der Waals surface area contributed by atoms with Gasteiger partial charge in [-0.05, 0) is 55.5 Å². The van der Waals surface area contributed by atoms with Crippen LogP contribution in [0.15, 0.2) is 53.9 Å². The average molecular weight is 553 g/mol. The van der Waals surface area contributed by atoms with E-state index in [1.807, 2.05) is 13.0 Å². The standard InChI is InChI=1S/C26H21FN4O5S2/c1-14-18-11-22(38-24(18)31(30-14)17-7-5-16(27)6-8-17)25(33)36-12-23(32)29-26-28-19(13-37-26)15-4-9-20(34-2)21(10-15)35-3/h4-11,13H,12H2,1-3H3,(H,28,29,32). The summed E-state index contributed by atoms with van der Waals surface area (Å²) in [5.41, 5.74) is 2.83. The molecule has 2 aromatic carbocycles. The second kappa shape index (κ2) is 10.6. The van der Waals surface area contributed by atoms with Crippen molar-refractivity contribution in [2.24, 2.45) is 0 Å². The van der Waals surface area contributed by atoms with Crippen molar-refractivity contribution in [1.29, 1.82) is 0 Å². The van der Waals surface area contributed by atoms with Gasteiger partial charge in [0.25, 0.3) is 5.91 Å². The number of hydrogen-bond donors (Lipinski definition) is 1. The minimum absolute atomic E-state index is 0.328. The number of methoxy groups -OCH3 is 2. The van der Waals surface area contributed by atoms with Crippen LogP contribution in [-0.2, 0) is 9.53 Å². The summed E-state index contributed by atoms with van der Waals surface area (Å²) in [7, 11) is 3.11. The Bertz CT molecular complexity index is 1640. The fourth-order valence-corrected chi connectivity index (χ4v) is 5.53. The molecule has 0 unspecified atom stereocenters. The second-order valence-corrected chi connectivity index (χ2v) is 9.92. The Kier molecular flexibility index (Phi) is 7.07. The fourth-order valence-electron chi connectivity index (χ4n) is 3.72. The summed E-state index contributed by atoms with van der Waals surface area (Å²) in [6.07, 6.45) is 0. The van der Waals surface area contributed by atoms with Crippen LogP contribution in [0.2, 0.25) is 0 Å². The minimum atomic E-state index is -0.628. The van der Waals surface area contributed by atoms with Crippen LogP contribution in [0, 0.1) is 12.7 Å². The van der Waals surface area contributed by atoms with Gasteiger partial charge >= 0.3 is 5.97 Å². The number of esters is 1. The number of benzene rings is 2. The first-order valence-electron chi connectivity index (χ1n) is 11.3. The molecule has 0 saturated carbocycles. The van der Waals surface area contributed by atoms with Crippen LogP contribution in [0.3, 0.4) is 0 Å². The number of ether oxygens (including phenoxy) is 3. The third-order valence-corrected chi connectivity index (χ3v) is 7.43. The van der Waals surface area contributed by atoms with E-state index in [2.05, 4.69) is 15.4 Å². The lowest BCUT2D eigenvalue weighted by molar-refractivity contribution is -0.119. The van der Waals surface area contributed by atoms with Gasteiger partial charge in [0.2, 0.25) is 0 Å². The van der Waals surface area contributed by atoms with E-state index < -0.39 is 18.5 Å². The number of halogens is 1. The number of thiazole rings is 1. The molecule has 38 heavy (non-hydrogen) atoms. The Labute approximate surface area is 224 Å². The molecule has 0 aliphatic carbocycles. The molecular weight excluding hydrogens is 531 g/mol. The third-order valence-electron chi connectivity index (χ3n) is 5.58. The summed E-state index contributed by atoms with van der Waals surface area (Å²) in [5, 5.41) is 10.1. The summed E-state index contributed by atoms with van der Waals surface area (Å²) in [5.74, 6) is -0.323. The lowest BCUT2D eigenvalue weighted by Gasteiger charge is -2.08.